The Labute approximate surface area is 121 Å². The van der Waals surface area contributed by atoms with Crippen LogP contribution in [0.5, 0.6) is 0 Å². The molecular weight excluding hydrogens is 268 g/mol. The summed E-state index contributed by atoms with van der Waals surface area (Å²) in [6.07, 6.45) is 3.75. The lowest BCUT2D eigenvalue weighted by molar-refractivity contribution is 0.0689. The van der Waals surface area contributed by atoms with E-state index in [0.29, 0.717) is 0 Å². The lowest BCUT2D eigenvalue weighted by Crippen LogP contribution is -1.99. The van der Waals surface area contributed by atoms with Crippen LogP contribution in [0.2, 0.25) is 0 Å². The maximum atomic E-state index is 11.0. The topological polar surface area (TPSA) is 72.9 Å². The maximum absolute atomic E-state index is 11.0. The van der Waals surface area contributed by atoms with Crippen LogP contribution in [0.3, 0.4) is 0 Å². The summed E-state index contributed by atoms with van der Waals surface area (Å²) >= 11 is 0. The van der Waals surface area contributed by atoms with Crippen LogP contribution in [0, 0.1) is 6.92 Å². The summed E-state index contributed by atoms with van der Waals surface area (Å²) < 4.78 is 3.36. The first-order chi connectivity index (χ1) is 10.0. The number of carboxylic acids is 1. The minimum absolute atomic E-state index is 0.0410. The molecule has 3 rings (SSSR count). The van der Waals surface area contributed by atoms with Gasteiger partial charge in [-0.15, -0.1) is 0 Å². The third kappa shape index (κ3) is 2.43. The fourth-order valence-electron chi connectivity index (χ4n) is 2.18. The average Bonchev–Trinajstić information content (AvgIpc) is 3.05. The molecule has 0 bridgehead atoms. The summed E-state index contributed by atoms with van der Waals surface area (Å²) in [7, 11) is 1.73. The summed E-state index contributed by atoms with van der Waals surface area (Å²) in [5, 5.41) is 17.2. The fourth-order valence-corrected chi connectivity index (χ4v) is 2.18. The number of aromatic carboxylic acids is 1. The van der Waals surface area contributed by atoms with E-state index in [0.717, 1.165) is 22.5 Å². The molecule has 1 N–H and O–H groups in total. The van der Waals surface area contributed by atoms with E-state index in [4.69, 9.17) is 5.11 Å². The summed E-state index contributed by atoms with van der Waals surface area (Å²) in [5.74, 6) is -1.03. The first-order valence-electron chi connectivity index (χ1n) is 6.44. The molecule has 0 saturated carbocycles. The predicted molar refractivity (Wildman–Crippen MR) is 77.5 cm³/mol. The quantitative estimate of drug-likeness (QED) is 0.800. The summed E-state index contributed by atoms with van der Waals surface area (Å²) in [6.45, 7) is 1.99. The van der Waals surface area contributed by atoms with Gasteiger partial charge in [0.15, 0.2) is 5.69 Å². The SMILES string of the molecule is Cc1cnn(-c2ccc(-c3cc(C(=O)O)nn3C)cc2)c1. The molecule has 0 amide bonds. The zero-order valence-electron chi connectivity index (χ0n) is 11.7. The summed E-state index contributed by atoms with van der Waals surface area (Å²) in [6, 6.07) is 9.30. The molecule has 6 heteroatoms. The van der Waals surface area contributed by atoms with Crippen molar-refractivity contribution >= 4 is 5.97 Å². The van der Waals surface area contributed by atoms with Crippen LogP contribution in [0.25, 0.3) is 16.9 Å². The first-order valence-corrected chi connectivity index (χ1v) is 6.44. The smallest absolute Gasteiger partial charge is 0.356 e. The average molecular weight is 282 g/mol. The van der Waals surface area contributed by atoms with Crippen molar-refractivity contribution in [3.05, 3.63) is 54.0 Å². The van der Waals surface area contributed by atoms with E-state index < -0.39 is 5.97 Å². The molecule has 106 valence electrons. The Morgan fingerprint density at radius 2 is 1.95 bits per heavy atom. The molecule has 2 heterocycles. The molecule has 0 aliphatic rings. The van der Waals surface area contributed by atoms with Gasteiger partial charge in [0.05, 0.1) is 17.6 Å². The molecular formula is C15H14N4O2. The number of carboxylic acid groups (broad SMARTS) is 1. The van der Waals surface area contributed by atoms with Crippen molar-refractivity contribution in [3.8, 4) is 16.9 Å². The minimum atomic E-state index is -1.03. The van der Waals surface area contributed by atoms with Gasteiger partial charge in [-0.25, -0.2) is 9.48 Å². The van der Waals surface area contributed by atoms with Crippen molar-refractivity contribution in [2.24, 2.45) is 7.05 Å². The number of benzene rings is 1. The third-order valence-corrected chi connectivity index (χ3v) is 3.24. The van der Waals surface area contributed by atoms with Gasteiger partial charge in [-0.2, -0.15) is 10.2 Å². The molecule has 0 aliphatic heterocycles. The molecule has 0 aliphatic carbocycles. The van der Waals surface area contributed by atoms with Crippen LogP contribution in [0.4, 0.5) is 0 Å². The molecule has 0 spiro atoms. The second-order valence-corrected chi connectivity index (χ2v) is 4.85. The lowest BCUT2D eigenvalue weighted by Gasteiger charge is -2.04. The number of rotatable bonds is 3. The van der Waals surface area contributed by atoms with Gasteiger partial charge in [-0.3, -0.25) is 4.68 Å². The number of aromatic nitrogens is 4. The largest absolute Gasteiger partial charge is 0.476 e. The van der Waals surface area contributed by atoms with Gasteiger partial charge in [0.2, 0.25) is 0 Å². The van der Waals surface area contributed by atoms with Crippen LogP contribution >= 0.6 is 0 Å². The second kappa shape index (κ2) is 4.90. The van der Waals surface area contributed by atoms with Crippen molar-refractivity contribution < 1.29 is 9.90 Å². The molecule has 6 nitrogen and oxygen atoms in total. The Balaban J connectivity index is 1.96. The van der Waals surface area contributed by atoms with Crippen molar-refractivity contribution in [2.45, 2.75) is 6.92 Å². The van der Waals surface area contributed by atoms with Crippen LogP contribution in [-0.4, -0.2) is 30.6 Å². The fraction of sp³-hybridized carbons (Fsp3) is 0.133. The number of hydrogen-bond acceptors (Lipinski definition) is 3. The molecule has 2 aromatic heterocycles. The van der Waals surface area contributed by atoms with E-state index in [1.165, 1.54) is 0 Å². The van der Waals surface area contributed by atoms with Crippen molar-refractivity contribution in [1.29, 1.82) is 0 Å². The van der Waals surface area contributed by atoms with E-state index in [-0.39, 0.29) is 5.69 Å². The van der Waals surface area contributed by atoms with E-state index in [1.807, 2.05) is 37.4 Å². The van der Waals surface area contributed by atoms with Gasteiger partial charge in [0, 0.05) is 13.2 Å². The Hall–Kier alpha value is -2.89. The highest BCUT2D eigenvalue weighted by Crippen LogP contribution is 2.21. The Bertz CT molecular complexity index is 799. The monoisotopic (exact) mass is 282 g/mol. The Kier molecular flexibility index (Phi) is 3.06. The molecule has 1 aromatic carbocycles. The molecule has 0 saturated heterocycles. The maximum Gasteiger partial charge on any atom is 0.356 e. The van der Waals surface area contributed by atoms with Gasteiger partial charge in [-0.05, 0) is 36.2 Å². The zero-order valence-corrected chi connectivity index (χ0v) is 11.7. The van der Waals surface area contributed by atoms with E-state index in [2.05, 4.69) is 10.2 Å². The zero-order chi connectivity index (χ0) is 15.0. The van der Waals surface area contributed by atoms with Crippen molar-refractivity contribution in [3.63, 3.8) is 0 Å². The lowest BCUT2D eigenvalue weighted by atomic mass is 10.1. The molecule has 0 unspecified atom stereocenters. The molecule has 3 aromatic rings. The summed E-state index contributed by atoms with van der Waals surface area (Å²) in [5.41, 5.74) is 3.75. The Morgan fingerprint density at radius 1 is 1.24 bits per heavy atom. The number of carbonyl (C=O) groups is 1. The standard InChI is InChI=1S/C15H14N4O2/c1-10-8-16-19(9-10)12-5-3-11(4-6-12)14-7-13(15(20)21)17-18(14)2/h3-9H,1-2H3,(H,20,21). The molecule has 0 radical (unpaired) electrons. The van der Waals surface area contributed by atoms with Gasteiger partial charge in [0.25, 0.3) is 0 Å². The van der Waals surface area contributed by atoms with Crippen LogP contribution in [-0.2, 0) is 7.05 Å². The number of nitrogens with zero attached hydrogens (tertiary/aromatic N) is 4. The molecule has 0 atom stereocenters. The third-order valence-electron chi connectivity index (χ3n) is 3.24. The number of hydrogen-bond donors (Lipinski definition) is 1. The van der Waals surface area contributed by atoms with Gasteiger partial charge in [0.1, 0.15) is 0 Å². The first kappa shape index (κ1) is 13.1. The van der Waals surface area contributed by atoms with Gasteiger partial charge in [-0.1, -0.05) is 12.1 Å². The summed E-state index contributed by atoms with van der Waals surface area (Å²) in [4.78, 5) is 11.0. The molecule has 21 heavy (non-hydrogen) atoms. The van der Waals surface area contributed by atoms with Crippen LogP contribution in [0.15, 0.2) is 42.7 Å². The second-order valence-electron chi connectivity index (χ2n) is 4.85. The Morgan fingerprint density at radius 3 is 2.48 bits per heavy atom. The van der Waals surface area contributed by atoms with E-state index in [9.17, 15) is 4.79 Å². The number of aryl methyl sites for hydroxylation is 2. The van der Waals surface area contributed by atoms with Crippen molar-refractivity contribution in [1.82, 2.24) is 19.6 Å². The minimum Gasteiger partial charge on any atom is -0.476 e. The highest BCUT2D eigenvalue weighted by atomic mass is 16.4. The normalized spacial score (nSPS) is 10.8. The van der Waals surface area contributed by atoms with Gasteiger partial charge >= 0.3 is 5.97 Å². The van der Waals surface area contributed by atoms with Crippen molar-refractivity contribution in [2.75, 3.05) is 0 Å². The van der Waals surface area contributed by atoms with Crippen LogP contribution < -0.4 is 0 Å². The van der Waals surface area contributed by atoms with E-state index >= 15 is 0 Å². The van der Waals surface area contributed by atoms with Crippen LogP contribution in [0.1, 0.15) is 16.1 Å². The van der Waals surface area contributed by atoms with E-state index in [1.54, 1.807) is 28.7 Å². The highest BCUT2D eigenvalue weighted by Gasteiger charge is 2.12. The predicted octanol–water partition coefficient (Wildman–Crippen LogP) is 2.28. The van der Waals surface area contributed by atoms with Gasteiger partial charge < -0.3 is 5.11 Å². The highest BCUT2D eigenvalue weighted by molar-refractivity contribution is 5.87. The molecule has 0 fully saturated rings.